The Labute approximate surface area is 223 Å². The molecule has 0 spiro atoms. The SMILES string of the molecule is CC/C=C\C/C=C\C/C=C\C/C=C\CCCCCCCCCCC(=O)NC(CO)C(O)CCCCC. The van der Waals surface area contributed by atoms with Crippen LogP contribution >= 0.6 is 0 Å². The molecule has 0 aromatic heterocycles. The van der Waals surface area contributed by atoms with Crippen LogP contribution in [0, 0.1) is 0 Å². The molecule has 3 N–H and O–H groups in total. The molecule has 0 saturated carbocycles. The lowest BCUT2D eigenvalue weighted by Crippen LogP contribution is -2.45. The largest absolute Gasteiger partial charge is 0.394 e. The standard InChI is InChI=1S/C32H57NO3/c1-3-5-7-8-9-10-11-12-13-14-15-16-17-18-19-20-21-22-23-24-26-28-32(36)33-30(29-34)31(35)27-25-6-4-2/h5,7,9-10,12-13,15-16,30-31,34-35H,3-4,6,8,11,14,17-29H2,1-2H3,(H,33,36)/b7-5-,10-9-,13-12-,16-15-. The predicted molar refractivity (Wildman–Crippen MR) is 156 cm³/mol. The molecule has 0 fully saturated rings. The van der Waals surface area contributed by atoms with E-state index < -0.39 is 12.1 Å². The second-order valence-electron chi connectivity index (χ2n) is 9.79. The zero-order chi connectivity index (χ0) is 26.5. The minimum atomic E-state index is -0.659. The highest BCUT2D eigenvalue weighted by atomic mass is 16.3. The van der Waals surface area contributed by atoms with Gasteiger partial charge in [0.2, 0.25) is 5.91 Å². The van der Waals surface area contributed by atoms with E-state index in [0.29, 0.717) is 12.8 Å². The van der Waals surface area contributed by atoms with E-state index in [1.807, 2.05) is 0 Å². The summed E-state index contributed by atoms with van der Waals surface area (Å²) >= 11 is 0. The quantitative estimate of drug-likeness (QED) is 0.0870. The number of allylic oxidation sites excluding steroid dienone is 8. The van der Waals surface area contributed by atoms with Crippen molar-refractivity contribution in [1.29, 1.82) is 0 Å². The Kier molecular flexibility index (Phi) is 26.6. The van der Waals surface area contributed by atoms with E-state index >= 15 is 0 Å². The Morgan fingerprint density at radius 3 is 1.78 bits per heavy atom. The van der Waals surface area contributed by atoms with E-state index in [1.54, 1.807) is 0 Å². The number of hydrogen-bond acceptors (Lipinski definition) is 3. The van der Waals surface area contributed by atoms with Crippen molar-refractivity contribution in [2.75, 3.05) is 6.61 Å². The van der Waals surface area contributed by atoms with E-state index in [9.17, 15) is 15.0 Å². The summed E-state index contributed by atoms with van der Waals surface area (Å²) in [6.45, 7) is 4.07. The molecule has 0 rings (SSSR count). The Morgan fingerprint density at radius 1 is 0.694 bits per heavy atom. The molecule has 2 atom stereocenters. The van der Waals surface area contributed by atoms with Gasteiger partial charge in [-0.15, -0.1) is 0 Å². The van der Waals surface area contributed by atoms with Gasteiger partial charge in [0, 0.05) is 6.42 Å². The van der Waals surface area contributed by atoms with Gasteiger partial charge in [-0.05, 0) is 51.4 Å². The summed E-state index contributed by atoms with van der Waals surface area (Å²) in [7, 11) is 0. The van der Waals surface area contributed by atoms with Crippen molar-refractivity contribution >= 4 is 5.91 Å². The molecule has 0 saturated heterocycles. The average Bonchev–Trinajstić information content (AvgIpc) is 2.88. The van der Waals surface area contributed by atoms with Crippen LogP contribution < -0.4 is 5.32 Å². The van der Waals surface area contributed by atoms with Gasteiger partial charge in [0.25, 0.3) is 0 Å². The maximum atomic E-state index is 12.1. The van der Waals surface area contributed by atoms with Crippen LogP contribution in [0.3, 0.4) is 0 Å². The third kappa shape index (κ3) is 24.1. The lowest BCUT2D eigenvalue weighted by Gasteiger charge is -2.22. The Balaban J connectivity index is 3.53. The minimum absolute atomic E-state index is 0.0561. The van der Waals surface area contributed by atoms with Gasteiger partial charge in [-0.25, -0.2) is 0 Å². The Morgan fingerprint density at radius 2 is 1.22 bits per heavy atom. The fourth-order valence-corrected chi connectivity index (χ4v) is 4.05. The number of aliphatic hydroxyl groups excluding tert-OH is 2. The number of nitrogens with one attached hydrogen (secondary N) is 1. The molecule has 0 aromatic rings. The van der Waals surface area contributed by atoms with Crippen molar-refractivity contribution in [2.24, 2.45) is 0 Å². The van der Waals surface area contributed by atoms with Crippen LogP contribution in [0.4, 0.5) is 0 Å². The van der Waals surface area contributed by atoms with Crippen molar-refractivity contribution in [3.63, 3.8) is 0 Å². The summed E-state index contributed by atoms with van der Waals surface area (Å²) in [6, 6.07) is -0.536. The summed E-state index contributed by atoms with van der Waals surface area (Å²) in [5.74, 6) is -0.0561. The van der Waals surface area contributed by atoms with E-state index in [2.05, 4.69) is 67.8 Å². The van der Waals surface area contributed by atoms with Crippen LogP contribution in [0.25, 0.3) is 0 Å². The number of amides is 1. The molecule has 0 aromatic carbocycles. The highest BCUT2D eigenvalue weighted by Crippen LogP contribution is 2.12. The fourth-order valence-electron chi connectivity index (χ4n) is 4.05. The third-order valence-electron chi connectivity index (χ3n) is 6.35. The summed E-state index contributed by atoms with van der Waals surface area (Å²) < 4.78 is 0. The van der Waals surface area contributed by atoms with Gasteiger partial charge < -0.3 is 15.5 Å². The first-order valence-electron chi connectivity index (χ1n) is 14.8. The van der Waals surface area contributed by atoms with Crippen LogP contribution in [0.2, 0.25) is 0 Å². The van der Waals surface area contributed by atoms with Crippen molar-refractivity contribution in [3.8, 4) is 0 Å². The number of unbranched alkanes of at least 4 members (excludes halogenated alkanes) is 10. The zero-order valence-corrected chi connectivity index (χ0v) is 23.5. The smallest absolute Gasteiger partial charge is 0.220 e. The monoisotopic (exact) mass is 503 g/mol. The van der Waals surface area contributed by atoms with Gasteiger partial charge in [-0.1, -0.05) is 120 Å². The zero-order valence-electron chi connectivity index (χ0n) is 23.5. The molecular formula is C32H57NO3. The van der Waals surface area contributed by atoms with Crippen molar-refractivity contribution < 1.29 is 15.0 Å². The van der Waals surface area contributed by atoms with Crippen LogP contribution in [0.5, 0.6) is 0 Å². The molecule has 208 valence electrons. The molecule has 0 aliphatic rings. The number of aliphatic hydroxyl groups is 2. The first kappa shape index (κ1) is 34.4. The highest BCUT2D eigenvalue weighted by Gasteiger charge is 2.19. The van der Waals surface area contributed by atoms with Crippen molar-refractivity contribution in [1.82, 2.24) is 5.32 Å². The summed E-state index contributed by atoms with van der Waals surface area (Å²) in [5, 5.41) is 22.4. The second kappa shape index (κ2) is 27.9. The molecule has 0 heterocycles. The Bertz CT molecular complexity index is 594. The molecule has 4 nitrogen and oxygen atoms in total. The van der Waals surface area contributed by atoms with E-state index in [0.717, 1.165) is 57.8 Å². The first-order chi connectivity index (χ1) is 17.7. The molecule has 2 unspecified atom stereocenters. The van der Waals surface area contributed by atoms with E-state index in [-0.39, 0.29) is 12.5 Å². The molecule has 4 heteroatoms. The highest BCUT2D eigenvalue weighted by molar-refractivity contribution is 5.76. The first-order valence-corrected chi connectivity index (χ1v) is 14.8. The van der Waals surface area contributed by atoms with Gasteiger partial charge in [0.15, 0.2) is 0 Å². The van der Waals surface area contributed by atoms with Crippen LogP contribution in [0.1, 0.15) is 129 Å². The predicted octanol–water partition coefficient (Wildman–Crippen LogP) is 8.11. The van der Waals surface area contributed by atoms with E-state index in [1.165, 1.54) is 44.9 Å². The molecule has 1 amide bonds. The number of rotatable bonds is 25. The molecule has 0 aliphatic heterocycles. The lowest BCUT2D eigenvalue weighted by atomic mass is 10.0. The van der Waals surface area contributed by atoms with Gasteiger partial charge in [-0.3, -0.25) is 4.79 Å². The lowest BCUT2D eigenvalue weighted by molar-refractivity contribution is -0.123. The van der Waals surface area contributed by atoms with Gasteiger partial charge >= 0.3 is 0 Å². The Hall–Kier alpha value is -1.65. The fraction of sp³-hybridized carbons (Fsp3) is 0.719. The summed E-state index contributed by atoms with van der Waals surface area (Å²) in [6.07, 6.45) is 36.3. The molecule has 0 bridgehead atoms. The molecule has 0 radical (unpaired) electrons. The van der Waals surface area contributed by atoms with Crippen LogP contribution in [0.15, 0.2) is 48.6 Å². The van der Waals surface area contributed by atoms with E-state index in [4.69, 9.17) is 0 Å². The van der Waals surface area contributed by atoms with Gasteiger partial charge in [-0.2, -0.15) is 0 Å². The van der Waals surface area contributed by atoms with Crippen molar-refractivity contribution in [3.05, 3.63) is 48.6 Å². The molecular weight excluding hydrogens is 446 g/mol. The van der Waals surface area contributed by atoms with Crippen LogP contribution in [-0.4, -0.2) is 34.9 Å². The molecule has 36 heavy (non-hydrogen) atoms. The molecule has 0 aliphatic carbocycles. The topological polar surface area (TPSA) is 69.6 Å². The van der Waals surface area contributed by atoms with Gasteiger partial charge in [0.05, 0.1) is 18.8 Å². The normalized spacial score (nSPS) is 14.0. The van der Waals surface area contributed by atoms with Crippen LogP contribution in [-0.2, 0) is 4.79 Å². The maximum absolute atomic E-state index is 12.1. The van der Waals surface area contributed by atoms with Crippen molar-refractivity contribution in [2.45, 2.75) is 142 Å². The second-order valence-corrected chi connectivity index (χ2v) is 9.79. The third-order valence-corrected chi connectivity index (χ3v) is 6.35. The van der Waals surface area contributed by atoms with Gasteiger partial charge in [0.1, 0.15) is 0 Å². The number of carbonyl (C=O) groups is 1. The summed E-state index contributed by atoms with van der Waals surface area (Å²) in [5.41, 5.74) is 0. The number of hydrogen-bond donors (Lipinski definition) is 3. The summed E-state index contributed by atoms with van der Waals surface area (Å²) in [4.78, 5) is 12.1. The number of carbonyl (C=O) groups excluding carboxylic acids is 1. The maximum Gasteiger partial charge on any atom is 0.220 e. The minimum Gasteiger partial charge on any atom is -0.394 e. The average molecular weight is 504 g/mol.